The Hall–Kier alpha value is -2.37. The van der Waals surface area contributed by atoms with Crippen LogP contribution in [-0.4, -0.2) is 24.9 Å². The van der Waals surface area contributed by atoms with Crippen molar-refractivity contribution in [2.24, 2.45) is 0 Å². The molecule has 6 nitrogen and oxygen atoms in total. The molecule has 1 aliphatic rings. The first kappa shape index (κ1) is 10.2. The van der Waals surface area contributed by atoms with Gasteiger partial charge in [-0.05, 0) is 18.2 Å². The number of nitrogens with one attached hydrogen (secondary N) is 2. The van der Waals surface area contributed by atoms with E-state index >= 15 is 0 Å². The smallest absolute Gasteiger partial charge is 0.329 e. The average molecular weight is 219 g/mol. The van der Waals surface area contributed by atoms with E-state index < -0.39 is 6.03 Å². The summed E-state index contributed by atoms with van der Waals surface area (Å²) in [4.78, 5) is 34.1. The summed E-state index contributed by atoms with van der Waals surface area (Å²) in [5.41, 5.74) is 0.965. The molecule has 2 rings (SSSR count). The summed E-state index contributed by atoms with van der Waals surface area (Å²) in [6, 6.07) is 6.04. The van der Waals surface area contributed by atoms with E-state index in [1.165, 1.54) is 0 Å². The number of nitrogens with zero attached hydrogens (tertiary/aromatic N) is 1. The molecule has 1 aromatic rings. The van der Waals surface area contributed by atoms with Crippen LogP contribution in [-0.2, 0) is 9.59 Å². The van der Waals surface area contributed by atoms with Crippen molar-refractivity contribution in [2.45, 2.75) is 0 Å². The molecule has 0 atom stereocenters. The normalized spacial score (nSPS) is 14.9. The number of imide groups is 1. The molecule has 1 aromatic carbocycles. The van der Waals surface area contributed by atoms with Gasteiger partial charge in [-0.1, -0.05) is 6.07 Å². The lowest BCUT2D eigenvalue weighted by molar-refractivity contribution is -0.115. The molecule has 16 heavy (non-hydrogen) atoms. The lowest BCUT2D eigenvalue weighted by Gasteiger charge is -2.13. The second-order valence-electron chi connectivity index (χ2n) is 3.20. The van der Waals surface area contributed by atoms with Crippen molar-refractivity contribution in [1.82, 2.24) is 5.32 Å². The minimum absolute atomic E-state index is 0.00414. The molecule has 0 radical (unpaired) electrons. The molecule has 0 unspecified atom stereocenters. The van der Waals surface area contributed by atoms with Gasteiger partial charge in [0.1, 0.15) is 0 Å². The molecule has 2 N–H and O–H groups in total. The molecular formula is C10H9N3O3. The van der Waals surface area contributed by atoms with Crippen LogP contribution in [0.2, 0.25) is 0 Å². The summed E-state index contributed by atoms with van der Waals surface area (Å²) in [5, 5.41) is 4.87. The molecule has 82 valence electrons. The van der Waals surface area contributed by atoms with Gasteiger partial charge in [0.2, 0.25) is 6.41 Å². The molecule has 1 heterocycles. The molecule has 0 aromatic heterocycles. The van der Waals surface area contributed by atoms with Crippen molar-refractivity contribution in [3.8, 4) is 0 Å². The zero-order valence-corrected chi connectivity index (χ0v) is 8.27. The Morgan fingerprint density at radius 1 is 1.38 bits per heavy atom. The second kappa shape index (κ2) is 4.01. The largest absolute Gasteiger partial charge is 0.329 e. The Kier molecular flexibility index (Phi) is 2.55. The Balaban J connectivity index is 2.32. The molecule has 0 bridgehead atoms. The van der Waals surface area contributed by atoms with E-state index in [1.807, 2.05) is 0 Å². The molecule has 1 aliphatic heterocycles. The number of amides is 4. The quantitative estimate of drug-likeness (QED) is 0.567. The molecule has 1 saturated heterocycles. The highest BCUT2D eigenvalue weighted by Crippen LogP contribution is 2.21. The van der Waals surface area contributed by atoms with E-state index in [0.717, 1.165) is 4.90 Å². The fourth-order valence-corrected chi connectivity index (χ4v) is 1.49. The summed E-state index contributed by atoms with van der Waals surface area (Å²) in [6.07, 6.45) is 0.533. The molecule has 0 saturated carbocycles. The minimum Gasteiger partial charge on any atom is -0.329 e. The van der Waals surface area contributed by atoms with Gasteiger partial charge in [-0.25, -0.2) is 9.69 Å². The number of benzene rings is 1. The van der Waals surface area contributed by atoms with Gasteiger partial charge in [0.05, 0.1) is 12.2 Å². The van der Waals surface area contributed by atoms with Gasteiger partial charge in [-0.3, -0.25) is 9.59 Å². The summed E-state index contributed by atoms with van der Waals surface area (Å²) in [6.45, 7) is 0.00414. The van der Waals surface area contributed by atoms with Crippen LogP contribution < -0.4 is 15.5 Å². The molecule has 4 amide bonds. The highest BCUT2D eigenvalue weighted by molar-refractivity contribution is 6.20. The number of hydrogen-bond acceptors (Lipinski definition) is 3. The van der Waals surface area contributed by atoms with Crippen LogP contribution in [0.1, 0.15) is 0 Å². The third kappa shape index (κ3) is 1.72. The monoisotopic (exact) mass is 219 g/mol. The molecule has 0 spiro atoms. The van der Waals surface area contributed by atoms with Gasteiger partial charge < -0.3 is 10.6 Å². The maximum Gasteiger partial charge on any atom is 0.329 e. The summed E-state index contributed by atoms with van der Waals surface area (Å²) in [7, 11) is 0. The van der Waals surface area contributed by atoms with Gasteiger partial charge >= 0.3 is 6.03 Å². The highest BCUT2D eigenvalue weighted by atomic mass is 16.2. The SMILES string of the molecule is O=CNc1cccc(N2C(=O)CNC2=O)c1. The first-order valence-electron chi connectivity index (χ1n) is 4.63. The molecule has 0 aliphatic carbocycles. The van der Waals surface area contributed by atoms with Crippen molar-refractivity contribution >= 4 is 29.7 Å². The predicted molar refractivity (Wildman–Crippen MR) is 57.0 cm³/mol. The van der Waals surface area contributed by atoms with Crippen LogP contribution in [0.4, 0.5) is 16.2 Å². The van der Waals surface area contributed by atoms with Crippen molar-refractivity contribution < 1.29 is 14.4 Å². The van der Waals surface area contributed by atoms with Crippen LogP contribution in [0.25, 0.3) is 0 Å². The fraction of sp³-hybridized carbons (Fsp3) is 0.100. The zero-order valence-electron chi connectivity index (χ0n) is 8.27. The first-order chi connectivity index (χ1) is 7.72. The zero-order chi connectivity index (χ0) is 11.5. The number of carbonyl (C=O) groups excluding carboxylic acids is 3. The molecule has 1 fully saturated rings. The van der Waals surface area contributed by atoms with E-state index in [2.05, 4.69) is 10.6 Å². The lowest BCUT2D eigenvalue weighted by atomic mass is 10.2. The van der Waals surface area contributed by atoms with Crippen LogP contribution in [0.15, 0.2) is 24.3 Å². The number of hydrogen-bond donors (Lipinski definition) is 2. The van der Waals surface area contributed by atoms with E-state index in [-0.39, 0.29) is 12.5 Å². The predicted octanol–water partition coefficient (Wildman–Crippen LogP) is 0.311. The summed E-state index contributed by atoms with van der Waals surface area (Å²) < 4.78 is 0. The van der Waals surface area contributed by atoms with Crippen LogP contribution in [0, 0.1) is 0 Å². The lowest BCUT2D eigenvalue weighted by Crippen LogP contribution is -2.30. The van der Waals surface area contributed by atoms with E-state index in [9.17, 15) is 14.4 Å². The van der Waals surface area contributed by atoms with Crippen molar-refractivity contribution in [3.63, 3.8) is 0 Å². The highest BCUT2D eigenvalue weighted by Gasteiger charge is 2.29. The van der Waals surface area contributed by atoms with Gasteiger partial charge in [-0.2, -0.15) is 0 Å². The fourth-order valence-electron chi connectivity index (χ4n) is 1.49. The summed E-state index contributed by atoms with van der Waals surface area (Å²) in [5.74, 6) is -0.312. The van der Waals surface area contributed by atoms with E-state index in [0.29, 0.717) is 17.8 Å². The Morgan fingerprint density at radius 3 is 2.81 bits per heavy atom. The Bertz CT molecular complexity index is 442. The maximum atomic E-state index is 11.4. The van der Waals surface area contributed by atoms with Gasteiger partial charge in [0, 0.05) is 5.69 Å². The van der Waals surface area contributed by atoms with Gasteiger partial charge in [0.25, 0.3) is 5.91 Å². The number of rotatable bonds is 3. The van der Waals surface area contributed by atoms with E-state index in [1.54, 1.807) is 24.3 Å². The third-order valence-corrected chi connectivity index (χ3v) is 2.17. The van der Waals surface area contributed by atoms with Crippen LogP contribution >= 0.6 is 0 Å². The van der Waals surface area contributed by atoms with Crippen molar-refractivity contribution in [1.29, 1.82) is 0 Å². The van der Waals surface area contributed by atoms with Gasteiger partial charge in [0.15, 0.2) is 0 Å². The minimum atomic E-state index is -0.451. The maximum absolute atomic E-state index is 11.4. The van der Waals surface area contributed by atoms with E-state index in [4.69, 9.17) is 0 Å². The number of anilines is 2. The molecule has 6 heteroatoms. The summed E-state index contributed by atoms with van der Waals surface area (Å²) >= 11 is 0. The van der Waals surface area contributed by atoms with Crippen molar-refractivity contribution in [2.75, 3.05) is 16.8 Å². The van der Waals surface area contributed by atoms with Crippen molar-refractivity contribution in [3.05, 3.63) is 24.3 Å². The standard InChI is InChI=1S/C10H9N3O3/c14-6-12-7-2-1-3-8(4-7)13-9(15)5-11-10(13)16/h1-4,6H,5H2,(H,11,16)(H,12,14). The molecular weight excluding hydrogens is 210 g/mol. The third-order valence-electron chi connectivity index (χ3n) is 2.17. The average Bonchev–Trinajstić information content (AvgIpc) is 2.59. The van der Waals surface area contributed by atoms with Crippen LogP contribution in [0.3, 0.4) is 0 Å². The second-order valence-corrected chi connectivity index (χ2v) is 3.20. The first-order valence-corrected chi connectivity index (χ1v) is 4.63. The Labute approximate surface area is 91.2 Å². The Morgan fingerprint density at radius 2 is 2.19 bits per heavy atom. The number of urea groups is 1. The topological polar surface area (TPSA) is 78.5 Å². The number of carbonyl (C=O) groups is 3. The van der Waals surface area contributed by atoms with Gasteiger partial charge in [-0.15, -0.1) is 0 Å². The van der Waals surface area contributed by atoms with Crippen LogP contribution in [0.5, 0.6) is 0 Å².